The Morgan fingerprint density at radius 3 is 0.712 bits per heavy atom. The van der Waals surface area contributed by atoms with Gasteiger partial charge in [-0.25, -0.2) is 0 Å². The first-order valence-corrected chi connectivity index (χ1v) is 45.9. The number of benzene rings is 21. The first-order chi connectivity index (χ1) is 65.5. The van der Waals surface area contributed by atoms with Crippen LogP contribution in [0.4, 0.5) is 51.2 Å². The molecule has 6 aliphatic rings. The van der Waals surface area contributed by atoms with Crippen LogP contribution in [0.5, 0.6) is 0 Å². The second-order valence-corrected chi connectivity index (χ2v) is 35.0. The molecular weight excluding hydrogens is 1590 g/mol. The van der Waals surface area contributed by atoms with E-state index in [2.05, 4.69) is 542 Å². The summed E-state index contributed by atoms with van der Waals surface area (Å²) in [4.78, 5) is 7.25. The predicted octanol–water partition coefficient (Wildman–Crippen LogP) is 33.5. The Bertz CT molecular complexity index is 7820. The van der Waals surface area contributed by atoms with Crippen LogP contribution in [0.1, 0.15) is 66.8 Å². The number of anilines is 9. The van der Waals surface area contributed by atoms with Gasteiger partial charge in [-0.1, -0.05) is 431 Å². The topological polar surface area (TPSA) is 9.72 Å². The Morgan fingerprint density at radius 2 is 0.341 bits per heavy atom. The monoisotopic (exact) mass is 1680 g/mol. The number of fused-ring (bicyclic) bond motifs is 30. The Labute approximate surface area is 771 Å². The Hall–Kier alpha value is -17.0. The van der Waals surface area contributed by atoms with Gasteiger partial charge >= 0.3 is 0 Å². The van der Waals surface area contributed by atoms with Gasteiger partial charge in [-0.05, 0) is 253 Å². The summed E-state index contributed by atoms with van der Waals surface area (Å²) in [5.41, 5.74) is 48.6. The third-order valence-electron chi connectivity index (χ3n) is 28.5. The molecule has 0 radical (unpaired) electrons. The van der Waals surface area contributed by atoms with E-state index in [1.54, 1.807) is 0 Å². The summed E-state index contributed by atoms with van der Waals surface area (Å²) < 4.78 is 0. The summed E-state index contributed by atoms with van der Waals surface area (Å²) in [6.07, 6.45) is 0. The molecule has 0 N–H and O–H groups in total. The van der Waals surface area contributed by atoms with E-state index < -0.39 is 5.41 Å². The molecule has 0 atom stereocenters. The number of hydrogen-bond donors (Lipinski definition) is 0. The normalized spacial score (nSPS) is 13.2. The summed E-state index contributed by atoms with van der Waals surface area (Å²) in [5.74, 6) is 0. The molecule has 6 aliphatic carbocycles. The van der Waals surface area contributed by atoms with Gasteiger partial charge in [0.1, 0.15) is 0 Å². The number of para-hydroxylation sites is 3. The van der Waals surface area contributed by atoms with E-state index in [9.17, 15) is 0 Å². The lowest BCUT2D eigenvalue weighted by Crippen LogP contribution is -2.28. The van der Waals surface area contributed by atoms with E-state index in [0.717, 1.165) is 39.8 Å². The molecule has 0 unspecified atom stereocenters. The molecule has 0 saturated carbocycles. The largest absolute Gasteiger partial charge is 0.310 e. The molecule has 0 aliphatic heterocycles. The highest BCUT2D eigenvalue weighted by Gasteiger charge is 2.56. The maximum absolute atomic E-state index is 2.45. The van der Waals surface area contributed by atoms with Crippen molar-refractivity contribution in [1.82, 2.24) is 0 Å². The molecule has 0 amide bonds. The maximum atomic E-state index is 2.45. The summed E-state index contributed by atoms with van der Waals surface area (Å²) in [7, 11) is 0. The van der Waals surface area contributed by atoms with Crippen molar-refractivity contribution in [3.63, 3.8) is 0 Å². The van der Waals surface area contributed by atoms with E-state index >= 15 is 0 Å². The second-order valence-electron chi connectivity index (χ2n) is 35.0. The Morgan fingerprint density at radius 1 is 0.121 bits per heavy atom. The van der Waals surface area contributed by atoms with Crippen molar-refractivity contribution < 1.29 is 0 Å². The molecule has 0 saturated heterocycles. The molecule has 3 heteroatoms. The molecule has 618 valence electrons. The summed E-state index contributed by atoms with van der Waals surface area (Å²) >= 11 is 0. The predicted molar refractivity (Wildman–Crippen MR) is 549 cm³/mol. The lowest BCUT2D eigenvalue weighted by atomic mass is 9.70. The van der Waals surface area contributed by atoms with E-state index in [-0.39, 0.29) is 10.8 Å². The fraction of sp³-hybridized carbons (Fsp3) is 0.0233. The van der Waals surface area contributed by atoms with E-state index in [1.807, 2.05) is 0 Å². The zero-order valence-corrected chi connectivity index (χ0v) is 72.6. The van der Waals surface area contributed by atoms with Gasteiger partial charge in [0, 0.05) is 50.9 Å². The van der Waals surface area contributed by atoms with Gasteiger partial charge in [0.2, 0.25) is 0 Å². The van der Waals surface area contributed by atoms with Crippen LogP contribution in [0.25, 0.3) is 100 Å². The highest BCUT2D eigenvalue weighted by atomic mass is 15.2. The SMILES string of the molecule is c1ccc(-c2ccc(N(c3ccccc3)c3ccc4c(c3)-c3ccccc3C43c4ccccc4-c4ccccc43)cc2)cc1.c1ccc(-c2ccc(N(c3ccccc3)c3cccc4c3-c3ccccc3C43c4ccccc4-c4ccccc43)cc2)cc1.c1ccc(-c2ccc(N(c3ccccc3)c3cccc4c3C3(c5ccccc5-c5ccccc53)c3ccccc3-4)cc2)cc1. The van der Waals surface area contributed by atoms with Gasteiger partial charge in [-0.2, -0.15) is 0 Å². The Kier molecular flexibility index (Phi) is 18.6. The molecule has 21 aromatic rings. The molecule has 0 heterocycles. The van der Waals surface area contributed by atoms with Crippen LogP contribution in [0, 0.1) is 0 Å². The molecule has 0 fully saturated rings. The molecule has 0 bridgehead atoms. The third kappa shape index (κ3) is 11.9. The summed E-state index contributed by atoms with van der Waals surface area (Å²) in [6.45, 7) is 0. The highest BCUT2D eigenvalue weighted by Crippen LogP contribution is 2.69. The lowest BCUT2D eigenvalue weighted by molar-refractivity contribution is 0.793. The summed E-state index contributed by atoms with van der Waals surface area (Å²) in [5, 5.41) is 0. The van der Waals surface area contributed by atoms with Crippen molar-refractivity contribution >= 4 is 51.2 Å². The highest BCUT2D eigenvalue weighted by molar-refractivity contribution is 6.04. The fourth-order valence-electron chi connectivity index (χ4n) is 23.2. The molecule has 3 nitrogen and oxygen atoms in total. The van der Waals surface area contributed by atoms with Crippen molar-refractivity contribution in [3.05, 3.63) is 595 Å². The van der Waals surface area contributed by atoms with E-state index in [0.29, 0.717) is 0 Å². The Balaban J connectivity index is 0.000000106. The number of hydrogen-bond acceptors (Lipinski definition) is 3. The van der Waals surface area contributed by atoms with Gasteiger partial charge in [-0.3, -0.25) is 0 Å². The number of rotatable bonds is 12. The van der Waals surface area contributed by atoms with Crippen LogP contribution in [0.2, 0.25) is 0 Å². The lowest BCUT2D eigenvalue weighted by Gasteiger charge is -2.35. The summed E-state index contributed by atoms with van der Waals surface area (Å²) in [6, 6.07) is 193. The van der Waals surface area contributed by atoms with Gasteiger partial charge in [0.15, 0.2) is 0 Å². The molecule has 0 aromatic heterocycles. The van der Waals surface area contributed by atoms with Gasteiger partial charge in [0.25, 0.3) is 0 Å². The van der Waals surface area contributed by atoms with Crippen molar-refractivity contribution in [1.29, 1.82) is 0 Å². The smallest absolute Gasteiger partial charge is 0.0746 e. The zero-order chi connectivity index (χ0) is 87.3. The van der Waals surface area contributed by atoms with Gasteiger partial charge in [0.05, 0.1) is 27.6 Å². The van der Waals surface area contributed by atoms with Crippen molar-refractivity contribution in [2.75, 3.05) is 14.7 Å². The molecule has 27 rings (SSSR count). The average Bonchev–Trinajstić information content (AvgIpc) is 1.51. The van der Waals surface area contributed by atoms with Crippen LogP contribution in [0.15, 0.2) is 528 Å². The molecule has 21 aromatic carbocycles. The maximum Gasteiger partial charge on any atom is 0.0746 e. The molecular formula is C129H87N3. The van der Waals surface area contributed by atoms with Crippen LogP contribution < -0.4 is 14.7 Å². The first-order valence-electron chi connectivity index (χ1n) is 45.9. The van der Waals surface area contributed by atoms with Gasteiger partial charge < -0.3 is 14.7 Å². The van der Waals surface area contributed by atoms with Crippen LogP contribution in [-0.4, -0.2) is 0 Å². The van der Waals surface area contributed by atoms with E-state index in [1.165, 1.54) is 178 Å². The minimum atomic E-state index is -0.424. The van der Waals surface area contributed by atoms with Crippen LogP contribution >= 0.6 is 0 Å². The average molecular weight is 1680 g/mol. The molecule has 132 heavy (non-hydrogen) atoms. The second kappa shape index (κ2) is 31.8. The van der Waals surface area contributed by atoms with Crippen molar-refractivity contribution in [2.24, 2.45) is 0 Å². The van der Waals surface area contributed by atoms with Crippen molar-refractivity contribution in [3.8, 4) is 100 Å². The third-order valence-corrected chi connectivity index (χ3v) is 28.5. The first kappa shape index (κ1) is 77.4. The molecule has 3 spiro atoms. The van der Waals surface area contributed by atoms with Gasteiger partial charge in [-0.15, -0.1) is 0 Å². The zero-order valence-electron chi connectivity index (χ0n) is 72.6. The standard InChI is InChI=1S/3C43H29N/c1-3-14-30(15-4-1)31-26-28-33(29-27-31)44(32-16-5-2-6-17-32)41-25-13-21-37-36-20-9-12-24-40(36)43(42(37)41)38-22-10-7-18-34(38)35-19-8-11-23-39(35)43;1-3-14-30(15-4-1)31-26-28-33(29-27-31)44(32-16-5-2-6-17-32)41-25-13-24-40-42(41)36-20-9-12-23-39(36)43(40)37-21-10-7-18-34(37)35-19-8-11-22-38(35)43;1-3-13-30(14-4-1)31-23-25-33(26-24-31)44(32-15-5-2-6-16-32)34-27-28-42-38(29-34)37-19-9-12-22-41(37)43(42)39-20-10-7-17-35(39)36-18-8-11-21-40(36)43/h3*1-29H. The number of nitrogens with zero attached hydrogens (tertiary/aromatic N) is 3. The fourth-order valence-corrected chi connectivity index (χ4v) is 23.2. The van der Waals surface area contributed by atoms with E-state index in [4.69, 9.17) is 0 Å². The van der Waals surface area contributed by atoms with Crippen LogP contribution in [0.3, 0.4) is 0 Å². The van der Waals surface area contributed by atoms with Crippen molar-refractivity contribution in [2.45, 2.75) is 16.2 Å². The quantitative estimate of drug-likeness (QED) is 0.121. The van der Waals surface area contributed by atoms with Crippen LogP contribution in [-0.2, 0) is 16.2 Å². The minimum Gasteiger partial charge on any atom is -0.310 e. The minimum absolute atomic E-state index is 0.327.